The van der Waals surface area contributed by atoms with Crippen molar-refractivity contribution >= 4 is 28.3 Å². The Morgan fingerprint density at radius 2 is 1.94 bits per heavy atom. The van der Waals surface area contributed by atoms with E-state index in [-0.39, 0.29) is 16.5 Å². The molecule has 0 radical (unpaired) electrons. The molecule has 1 aromatic heterocycles. The maximum atomic E-state index is 13.7. The third-order valence-corrected chi connectivity index (χ3v) is 2.83. The van der Waals surface area contributed by atoms with Gasteiger partial charge in [-0.25, -0.2) is 4.39 Å². The Hall–Kier alpha value is -2.63. The first-order valence-electron chi connectivity index (χ1n) is 5.14. The zero-order chi connectivity index (χ0) is 12.9. The number of aromatic nitrogens is 1. The number of rotatable bonds is 1. The van der Waals surface area contributed by atoms with Gasteiger partial charge in [0.15, 0.2) is 5.76 Å². The fourth-order valence-corrected chi connectivity index (χ4v) is 2.03. The van der Waals surface area contributed by atoms with E-state index in [9.17, 15) is 19.1 Å². The Morgan fingerprint density at radius 1 is 1.17 bits per heavy atom. The SMILES string of the molecule is O=C1NC(=O)C(c2c[nH]c3cccc(F)c23)=C1O. The predicted molar refractivity (Wildman–Crippen MR) is 61.0 cm³/mol. The van der Waals surface area contributed by atoms with Crippen molar-refractivity contribution in [3.05, 3.63) is 41.5 Å². The van der Waals surface area contributed by atoms with Crippen molar-refractivity contribution in [2.45, 2.75) is 0 Å². The normalized spacial score (nSPS) is 15.6. The third kappa shape index (κ3) is 1.26. The van der Waals surface area contributed by atoms with Gasteiger partial charge in [0.05, 0.1) is 5.57 Å². The molecular formula is C12H7FN2O3. The minimum Gasteiger partial charge on any atom is -0.502 e. The number of aliphatic hydroxyl groups is 1. The number of aliphatic hydroxyl groups excluding tert-OH is 1. The second kappa shape index (κ2) is 3.43. The molecule has 3 N–H and O–H groups in total. The molecule has 0 unspecified atom stereocenters. The number of carbonyl (C=O) groups excluding carboxylic acids is 2. The van der Waals surface area contributed by atoms with Gasteiger partial charge >= 0.3 is 0 Å². The lowest BCUT2D eigenvalue weighted by atomic mass is 10.0. The second-order valence-electron chi connectivity index (χ2n) is 3.87. The lowest BCUT2D eigenvalue weighted by Crippen LogP contribution is -2.22. The number of imide groups is 1. The van der Waals surface area contributed by atoms with Crippen LogP contribution in [0.3, 0.4) is 0 Å². The van der Waals surface area contributed by atoms with Crippen LogP contribution in [0.25, 0.3) is 16.5 Å². The number of hydrogen-bond acceptors (Lipinski definition) is 3. The Morgan fingerprint density at radius 3 is 2.61 bits per heavy atom. The summed E-state index contributed by atoms with van der Waals surface area (Å²) in [6.45, 7) is 0. The number of fused-ring (bicyclic) bond motifs is 1. The van der Waals surface area contributed by atoms with Crippen LogP contribution in [0.4, 0.5) is 4.39 Å². The van der Waals surface area contributed by atoms with Crippen molar-refractivity contribution in [2.75, 3.05) is 0 Å². The standard InChI is InChI=1S/C12H7FN2O3/c13-6-2-1-3-7-8(6)5(4-14-7)9-10(16)12(18)15-11(9)17/h1-4,14H,(H2,15,16,17,18). The zero-order valence-corrected chi connectivity index (χ0v) is 8.95. The number of H-pyrrole nitrogens is 1. The van der Waals surface area contributed by atoms with E-state index in [2.05, 4.69) is 4.98 Å². The van der Waals surface area contributed by atoms with Gasteiger partial charge in [0.1, 0.15) is 5.82 Å². The molecule has 5 nitrogen and oxygen atoms in total. The molecule has 0 saturated heterocycles. The average Bonchev–Trinajstić information content (AvgIpc) is 2.83. The minimum absolute atomic E-state index is 0.170. The molecule has 1 aliphatic heterocycles. The number of amides is 2. The highest BCUT2D eigenvalue weighted by Crippen LogP contribution is 2.30. The van der Waals surface area contributed by atoms with Crippen molar-refractivity contribution in [1.29, 1.82) is 0 Å². The molecule has 3 rings (SSSR count). The van der Waals surface area contributed by atoms with Crippen LogP contribution in [0.15, 0.2) is 30.2 Å². The molecule has 0 saturated carbocycles. The van der Waals surface area contributed by atoms with Crippen LogP contribution < -0.4 is 5.32 Å². The third-order valence-electron chi connectivity index (χ3n) is 2.83. The molecule has 1 aliphatic rings. The van der Waals surface area contributed by atoms with Crippen LogP contribution >= 0.6 is 0 Å². The minimum atomic E-state index is -0.874. The van der Waals surface area contributed by atoms with Gasteiger partial charge in [0.25, 0.3) is 11.8 Å². The Kier molecular flexibility index (Phi) is 2.00. The Balaban J connectivity index is 2.34. The lowest BCUT2D eigenvalue weighted by Gasteiger charge is -1.99. The van der Waals surface area contributed by atoms with Gasteiger partial charge in [0, 0.05) is 22.7 Å². The maximum Gasteiger partial charge on any atom is 0.293 e. The Bertz CT molecular complexity index is 730. The zero-order valence-electron chi connectivity index (χ0n) is 8.95. The summed E-state index contributed by atoms with van der Waals surface area (Å²) in [6, 6.07) is 4.40. The van der Waals surface area contributed by atoms with Gasteiger partial charge in [-0.1, -0.05) is 6.07 Å². The molecule has 0 fully saturated rings. The summed E-state index contributed by atoms with van der Waals surface area (Å²) in [5.41, 5.74) is 0.442. The largest absolute Gasteiger partial charge is 0.502 e. The van der Waals surface area contributed by atoms with Gasteiger partial charge in [-0.15, -0.1) is 0 Å². The Labute approximate surface area is 99.9 Å². The van der Waals surface area contributed by atoms with Crippen molar-refractivity contribution in [1.82, 2.24) is 10.3 Å². The van der Waals surface area contributed by atoms with E-state index in [0.717, 1.165) is 0 Å². The summed E-state index contributed by atoms with van der Waals surface area (Å²) in [5, 5.41) is 11.7. The first-order valence-corrected chi connectivity index (χ1v) is 5.14. The number of aromatic amines is 1. The van der Waals surface area contributed by atoms with Crippen LogP contribution in [0.5, 0.6) is 0 Å². The summed E-state index contributed by atoms with van der Waals surface area (Å²) >= 11 is 0. The number of carbonyl (C=O) groups is 2. The van der Waals surface area contributed by atoms with E-state index in [0.29, 0.717) is 5.52 Å². The first kappa shape index (κ1) is 10.5. The number of halogens is 1. The molecule has 0 atom stereocenters. The predicted octanol–water partition coefficient (Wildman–Crippen LogP) is 1.23. The highest BCUT2D eigenvalue weighted by atomic mass is 19.1. The van der Waals surface area contributed by atoms with Gasteiger partial charge in [-0.3, -0.25) is 14.9 Å². The topological polar surface area (TPSA) is 82.2 Å². The summed E-state index contributed by atoms with van der Waals surface area (Å²) in [4.78, 5) is 25.5. The highest BCUT2D eigenvalue weighted by Gasteiger charge is 2.33. The quantitative estimate of drug-likeness (QED) is 0.662. The number of benzene rings is 1. The van der Waals surface area contributed by atoms with Crippen LogP contribution in [0.2, 0.25) is 0 Å². The first-order chi connectivity index (χ1) is 8.59. The van der Waals surface area contributed by atoms with Crippen molar-refractivity contribution in [3.63, 3.8) is 0 Å². The molecule has 2 amide bonds. The van der Waals surface area contributed by atoms with E-state index in [1.807, 2.05) is 5.32 Å². The molecule has 2 aromatic rings. The van der Waals surface area contributed by atoms with Crippen LogP contribution in [-0.4, -0.2) is 21.9 Å². The van der Waals surface area contributed by atoms with E-state index >= 15 is 0 Å². The lowest BCUT2D eigenvalue weighted by molar-refractivity contribution is -0.124. The van der Waals surface area contributed by atoms with Gasteiger partial charge in [0.2, 0.25) is 0 Å². The van der Waals surface area contributed by atoms with E-state index < -0.39 is 23.4 Å². The van der Waals surface area contributed by atoms with Gasteiger partial charge < -0.3 is 10.1 Å². The fraction of sp³-hybridized carbons (Fsp3) is 0. The van der Waals surface area contributed by atoms with Crippen molar-refractivity contribution < 1.29 is 19.1 Å². The van der Waals surface area contributed by atoms with E-state index in [1.54, 1.807) is 6.07 Å². The van der Waals surface area contributed by atoms with Crippen molar-refractivity contribution in [3.8, 4) is 0 Å². The summed E-state index contributed by atoms with van der Waals surface area (Å²) < 4.78 is 13.7. The molecular weight excluding hydrogens is 239 g/mol. The highest BCUT2D eigenvalue weighted by molar-refractivity contribution is 6.36. The molecule has 2 heterocycles. The summed E-state index contributed by atoms with van der Waals surface area (Å²) in [5.74, 6) is -2.83. The molecule has 90 valence electrons. The molecule has 0 spiro atoms. The molecule has 18 heavy (non-hydrogen) atoms. The van der Waals surface area contributed by atoms with E-state index in [4.69, 9.17) is 0 Å². The smallest absolute Gasteiger partial charge is 0.293 e. The monoisotopic (exact) mass is 246 g/mol. The number of hydrogen-bond donors (Lipinski definition) is 3. The number of nitrogens with one attached hydrogen (secondary N) is 2. The molecule has 1 aromatic carbocycles. The average molecular weight is 246 g/mol. The molecule has 0 bridgehead atoms. The fourth-order valence-electron chi connectivity index (χ4n) is 2.03. The van der Waals surface area contributed by atoms with Crippen molar-refractivity contribution in [2.24, 2.45) is 0 Å². The van der Waals surface area contributed by atoms with Crippen LogP contribution in [0.1, 0.15) is 5.56 Å². The summed E-state index contributed by atoms with van der Waals surface area (Å²) in [6.07, 6.45) is 1.39. The van der Waals surface area contributed by atoms with Crippen LogP contribution in [0, 0.1) is 5.82 Å². The summed E-state index contributed by atoms with van der Waals surface area (Å²) in [7, 11) is 0. The van der Waals surface area contributed by atoms with E-state index in [1.165, 1.54) is 18.3 Å². The molecule has 6 heteroatoms. The van der Waals surface area contributed by atoms with Crippen LogP contribution in [-0.2, 0) is 9.59 Å². The van der Waals surface area contributed by atoms with Gasteiger partial charge in [-0.05, 0) is 12.1 Å². The molecule has 0 aliphatic carbocycles. The second-order valence-corrected chi connectivity index (χ2v) is 3.87. The maximum absolute atomic E-state index is 13.7. The van der Waals surface area contributed by atoms with Gasteiger partial charge in [-0.2, -0.15) is 0 Å².